The van der Waals surface area contributed by atoms with Gasteiger partial charge < -0.3 is 10.5 Å². The number of hydrogen-bond donors (Lipinski definition) is 1. The number of nitrogens with zero attached hydrogens (tertiary/aromatic N) is 2. The van der Waals surface area contributed by atoms with E-state index in [-0.39, 0.29) is 16.0 Å². The van der Waals surface area contributed by atoms with Crippen LogP contribution in [0.25, 0.3) is 16.7 Å². The molecule has 0 saturated heterocycles. The van der Waals surface area contributed by atoms with Crippen molar-refractivity contribution in [2.24, 2.45) is 0 Å². The number of ether oxygens (including phenoxy) is 1. The van der Waals surface area contributed by atoms with E-state index >= 15 is 0 Å². The summed E-state index contributed by atoms with van der Waals surface area (Å²) in [7, 11) is 1.57. The quantitative estimate of drug-likeness (QED) is 0.723. The molecular weight excluding hydrogens is 316 g/mol. The average molecular weight is 326 g/mol. The van der Waals surface area contributed by atoms with E-state index in [1.807, 2.05) is 0 Å². The highest BCUT2D eigenvalue weighted by Gasteiger charge is 2.14. The third kappa shape index (κ3) is 2.28. The van der Waals surface area contributed by atoms with Gasteiger partial charge in [-0.15, -0.1) is 0 Å². The van der Waals surface area contributed by atoms with Gasteiger partial charge in [0, 0.05) is 6.07 Å². The second-order valence-electron chi connectivity index (χ2n) is 4.38. The molecule has 21 heavy (non-hydrogen) atoms. The Morgan fingerprint density at radius 3 is 2.48 bits per heavy atom. The highest BCUT2D eigenvalue weighted by atomic mass is 35.5. The van der Waals surface area contributed by atoms with Gasteiger partial charge in [-0.3, -0.25) is 4.57 Å². The first-order valence-corrected chi connectivity index (χ1v) is 6.73. The van der Waals surface area contributed by atoms with Crippen molar-refractivity contribution in [2.75, 3.05) is 12.8 Å². The summed E-state index contributed by atoms with van der Waals surface area (Å²) < 4.78 is 20.4. The van der Waals surface area contributed by atoms with Crippen molar-refractivity contribution in [3.8, 4) is 11.4 Å². The lowest BCUT2D eigenvalue weighted by Gasteiger charge is -2.09. The van der Waals surface area contributed by atoms with Crippen LogP contribution in [0.4, 0.5) is 10.3 Å². The van der Waals surface area contributed by atoms with Gasteiger partial charge in [-0.1, -0.05) is 23.2 Å². The summed E-state index contributed by atoms with van der Waals surface area (Å²) >= 11 is 11.7. The van der Waals surface area contributed by atoms with Gasteiger partial charge in [-0.2, -0.15) is 0 Å². The molecular formula is C14H10Cl2FN3O. The molecule has 7 heteroatoms. The summed E-state index contributed by atoms with van der Waals surface area (Å²) in [6.07, 6.45) is 0. The number of anilines is 1. The molecule has 0 saturated carbocycles. The van der Waals surface area contributed by atoms with Crippen LogP contribution in [0.5, 0.6) is 5.75 Å². The third-order valence-electron chi connectivity index (χ3n) is 3.11. The molecule has 3 rings (SSSR count). The second-order valence-corrected chi connectivity index (χ2v) is 5.20. The van der Waals surface area contributed by atoms with Gasteiger partial charge in [0.25, 0.3) is 0 Å². The van der Waals surface area contributed by atoms with Gasteiger partial charge in [-0.05, 0) is 24.3 Å². The van der Waals surface area contributed by atoms with Crippen LogP contribution in [-0.2, 0) is 0 Å². The van der Waals surface area contributed by atoms with Gasteiger partial charge in [-0.25, -0.2) is 9.37 Å². The van der Waals surface area contributed by atoms with Crippen molar-refractivity contribution < 1.29 is 9.13 Å². The van der Waals surface area contributed by atoms with E-state index in [1.165, 1.54) is 12.1 Å². The van der Waals surface area contributed by atoms with Crippen molar-refractivity contribution in [3.63, 3.8) is 0 Å². The Morgan fingerprint density at radius 1 is 1.19 bits per heavy atom. The average Bonchev–Trinajstić information content (AvgIpc) is 2.79. The van der Waals surface area contributed by atoms with Crippen LogP contribution in [-0.4, -0.2) is 16.7 Å². The molecule has 3 aromatic rings. The fourth-order valence-corrected chi connectivity index (χ4v) is 2.62. The molecule has 0 bridgehead atoms. The molecule has 0 fully saturated rings. The molecule has 2 N–H and O–H groups in total. The maximum atomic E-state index is 13.5. The Hall–Kier alpha value is -1.98. The van der Waals surface area contributed by atoms with Crippen LogP contribution in [0.2, 0.25) is 10.0 Å². The van der Waals surface area contributed by atoms with E-state index in [0.717, 1.165) is 0 Å². The number of halogens is 3. The van der Waals surface area contributed by atoms with Crippen LogP contribution in [0.3, 0.4) is 0 Å². The molecule has 4 nitrogen and oxygen atoms in total. The summed E-state index contributed by atoms with van der Waals surface area (Å²) in [5.41, 5.74) is 7.87. The monoisotopic (exact) mass is 325 g/mol. The van der Waals surface area contributed by atoms with Gasteiger partial charge in [0.15, 0.2) is 5.82 Å². The minimum atomic E-state index is -0.664. The standard InChI is InChI=1S/C14H10Cl2FN3O/c1-21-8-2-3-11-12(6-8)20(14(18)19-11)7-4-9(15)13(17)10(16)5-7/h2-6H,1H3,(H2,18,19). The zero-order chi connectivity index (χ0) is 15.1. The molecule has 0 aliphatic carbocycles. The third-order valence-corrected chi connectivity index (χ3v) is 3.66. The van der Waals surface area contributed by atoms with E-state index < -0.39 is 5.82 Å². The number of benzene rings is 2. The highest BCUT2D eigenvalue weighted by molar-refractivity contribution is 6.35. The zero-order valence-corrected chi connectivity index (χ0v) is 12.4. The molecule has 0 unspecified atom stereocenters. The summed E-state index contributed by atoms with van der Waals surface area (Å²) in [5, 5.41) is -0.164. The Kier molecular flexibility index (Phi) is 3.39. The molecule has 0 spiro atoms. The summed E-state index contributed by atoms with van der Waals surface area (Å²) in [5.74, 6) is 0.239. The molecule has 0 aliphatic rings. The van der Waals surface area contributed by atoms with E-state index in [1.54, 1.807) is 29.9 Å². The Morgan fingerprint density at radius 2 is 1.86 bits per heavy atom. The van der Waals surface area contributed by atoms with Gasteiger partial charge in [0.05, 0.1) is 33.9 Å². The van der Waals surface area contributed by atoms with Gasteiger partial charge in [0.1, 0.15) is 5.75 Å². The molecule has 2 aromatic carbocycles. The molecule has 108 valence electrons. The van der Waals surface area contributed by atoms with Crippen molar-refractivity contribution in [3.05, 3.63) is 46.2 Å². The minimum absolute atomic E-state index is 0.0818. The summed E-state index contributed by atoms with van der Waals surface area (Å²) in [4.78, 5) is 4.25. The molecule has 0 amide bonds. The molecule has 1 aromatic heterocycles. The summed E-state index contributed by atoms with van der Waals surface area (Å²) in [6, 6.07) is 8.24. The van der Waals surface area contributed by atoms with E-state index in [2.05, 4.69) is 4.98 Å². The number of hydrogen-bond acceptors (Lipinski definition) is 3. The van der Waals surface area contributed by atoms with Crippen LogP contribution in [0.15, 0.2) is 30.3 Å². The number of nitrogens with two attached hydrogens (primary N) is 1. The Balaban J connectivity index is 2.31. The fraction of sp³-hybridized carbons (Fsp3) is 0.0714. The molecule has 0 radical (unpaired) electrons. The first-order valence-electron chi connectivity index (χ1n) is 5.98. The lowest BCUT2D eigenvalue weighted by Crippen LogP contribution is -2.01. The highest BCUT2D eigenvalue weighted by Crippen LogP contribution is 2.31. The van der Waals surface area contributed by atoms with Crippen molar-refractivity contribution in [2.45, 2.75) is 0 Å². The zero-order valence-electron chi connectivity index (χ0n) is 10.9. The topological polar surface area (TPSA) is 53.1 Å². The molecule has 1 heterocycles. The fourth-order valence-electron chi connectivity index (χ4n) is 2.14. The van der Waals surface area contributed by atoms with Crippen LogP contribution in [0, 0.1) is 5.82 Å². The van der Waals surface area contributed by atoms with Crippen molar-refractivity contribution in [1.82, 2.24) is 9.55 Å². The number of aromatic nitrogens is 2. The predicted molar refractivity (Wildman–Crippen MR) is 82.0 cm³/mol. The lowest BCUT2D eigenvalue weighted by molar-refractivity contribution is 0.415. The molecule has 0 aliphatic heterocycles. The van der Waals surface area contributed by atoms with Crippen LogP contribution < -0.4 is 10.5 Å². The Labute approximate surface area is 129 Å². The molecule has 0 atom stereocenters. The van der Waals surface area contributed by atoms with Gasteiger partial charge in [0.2, 0.25) is 5.95 Å². The van der Waals surface area contributed by atoms with E-state index in [9.17, 15) is 4.39 Å². The van der Waals surface area contributed by atoms with E-state index in [4.69, 9.17) is 33.7 Å². The number of fused-ring (bicyclic) bond motifs is 1. The maximum absolute atomic E-state index is 13.5. The second kappa shape index (κ2) is 5.09. The van der Waals surface area contributed by atoms with Crippen molar-refractivity contribution >= 4 is 40.2 Å². The first-order chi connectivity index (χ1) is 10.0. The maximum Gasteiger partial charge on any atom is 0.205 e. The normalized spacial score (nSPS) is 11.0. The van der Waals surface area contributed by atoms with E-state index in [0.29, 0.717) is 22.5 Å². The number of methoxy groups -OCH3 is 1. The largest absolute Gasteiger partial charge is 0.497 e. The minimum Gasteiger partial charge on any atom is -0.497 e. The number of rotatable bonds is 2. The van der Waals surface area contributed by atoms with Crippen LogP contribution >= 0.6 is 23.2 Å². The number of nitrogen functional groups attached to an aromatic ring is 1. The first kappa shape index (κ1) is 14.0. The Bertz CT molecular complexity index is 825. The van der Waals surface area contributed by atoms with Gasteiger partial charge >= 0.3 is 0 Å². The SMILES string of the molecule is COc1ccc2nc(N)n(-c3cc(Cl)c(F)c(Cl)c3)c2c1. The van der Waals surface area contributed by atoms with Crippen LogP contribution in [0.1, 0.15) is 0 Å². The number of imidazole rings is 1. The predicted octanol–water partition coefficient (Wildman–Crippen LogP) is 4.06. The smallest absolute Gasteiger partial charge is 0.205 e. The summed E-state index contributed by atoms with van der Waals surface area (Å²) in [6.45, 7) is 0. The lowest BCUT2D eigenvalue weighted by atomic mass is 10.2. The van der Waals surface area contributed by atoms with Crippen molar-refractivity contribution in [1.29, 1.82) is 0 Å².